The molecule has 2 N–H and O–H groups in total. The molecule has 13 atom stereocenters. The number of hydrogen-bond acceptors (Lipinski definition) is 7. The minimum atomic E-state index is -1.03. The van der Waals surface area contributed by atoms with Gasteiger partial charge < -0.3 is 34.1 Å². The SMILES string of the molecule is CCO[C@@H]([C@H]1C[C@@H](C)[C@H]2[C@H](O1)[C@H](O)[C@@]1(C)[C@@H]3CC[C@H]4C(C)(C)[C@@H](OC(=O)N5CCOCC5)CC[C@@]45C[C@@]35CC[C@]21C)C(C)(C)O. The van der Waals surface area contributed by atoms with E-state index in [0.717, 1.165) is 38.5 Å². The van der Waals surface area contributed by atoms with Gasteiger partial charge in [0.25, 0.3) is 0 Å². The maximum absolute atomic E-state index is 13.2. The van der Waals surface area contributed by atoms with E-state index in [1.807, 2.05) is 25.7 Å². The number of amides is 1. The maximum Gasteiger partial charge on any atom is 0.410 e. The second kappa shape index (κ2) is 10.5. The van der Waals surface area contributed by atoms with Crippen LogP contribution in [0.2, 0.25) is 0 Å². The van der Waals surface area contributed by atoms with E-state index in [2.05, 4.69) is 34.6 Å². The Hall–Kier alpha value is -0.930. The van der Waals surface area contributed by atoms with E-state index < -0.39 is 17.8 Å². The van der Waals surface area contributed by atoms with Gasteiger partial charge in [0.15, 0.2) is 0 Å². The van der Waals surface area contributed by atoms with Gasteiger partial charge in [-0.25, -0.2) is 4.79 Å². The van der Waals surface area contributed by atoms with Gasteiger partial charge in [-0.3, -0.25) is 0 Å². The van der Waals surface area contributed by atoms with Crippen LogP contribution >= 0.6 is 0 Å². The van der Waals surface area contributed by atoms with Crippen LogP contribution in [-0.2, 0) is 18.9 Å². The predicted molar refractivity (Wildman–Crippen MR) is 170 cm³/mol. The Balaban J connectivity index is 1.14. The molecule has 0 aromatic heterocycles. The van der Waals surface area contributed by atoms with E-state index in [9.17, 15) is 15.0 Å². The minimum absolute atomic E-state index is 0.00967. The van der Waals surface area contributed by atoms with Crippen LogP contribution in [0.5, 0.6) is 0 Å². The van der Waals surface area contributed by atoms with Crippen molar-refractivity contribution < 1.29 is 34.0 Å². The summed E-state index contributed by atoms with van der Waals surface area (Å²) in [7, 11) is 0. The van der Waals surface area contributed by atoms with Gasteiger partial charge in [0, 0.05) is 30.5 Å². The van der Waals surface area contributed by atoms with E-state index in [0.29, 0.717) is 50.7 Å². The standard InChI is InChI=1S/C37H61NO7/c1-9-43-30(33(5,6)41)23-20-22(2)27-28(44-23)29(39)35(8)25-11-10-24-32(3,4)26(45-31(40)38-16-18-42-19-17-38)12-13-36(24)21-37(25,36)15-14-34(27,35)7/h22-30,39,41H,9-21H2,1-8H3/t22-,23-,24+,25+,26+,27+,28+,29+,30+,34-,35-,36-,37+/m1/s1. The third-order valence-corrected chi connectivity index (χ3v) is 15.7. The van der Waals surface area contributed by atoms with Crippen molar-refractivity contribution in [2.45, 2.75) is 143 Å². The van der Waals surface area contributed by atoms with Crippen molar-refractivity contribution >= 4 is 6.09 Å². The molecule has 0 bridgehead atoms. The molecule has 256 valence electrons. The monoisotopic (exact) mass is 631 g/mol. The smallest absolute Gasteiger partial charge is 0.410 e. The third kappa shape index (κ3) is 4.29. The van der Waals surface area contributed by atoms with Gasteiger partial charge in [0.1, 0.15) is 12.2 Å². The Kier molecular flexibility index (Phi) is 7.63. The molecule has 0 aromatic rings. The molecule has 5 aliphatic carbocycles. The second-order valence-electron chi connectivity index (χ2n) is 18.1. The molecule has 2 heterocycles. The molecule has 2 aliphatic heterocycles. The lowest BCUT2D eigenvalue weighted by atomic mass is 9.41. The van der Waals surface area contributed by atoms with Gasteiger partial charge in [-0.15, -0.1) is 0 Å². The summed E-state index contributed by atoms with van der Waals surface area (Å²) in [5.41, 5.74) is -0.840. The number of aliphatic hydroxyl groups excluding tert-OH is 1. The molecule has 8 heteroatoms. The molecule has 1 amide bonds. The van der Waals surface area contributed by atoms with E-state index in [4.69, 9.17) is 18.9 Å². The number of aliphatic hydroxyl groups is 2. The summed E-state index contributed by atoms with van der Waals surface area (Å²) in [6.45, 7) is 20.5. The predicted octanol–water partition coefficient (Wildman–Crippen LogP) is 5.81. The van der Waals surface area contributed by atoms with Crippen LogP contribution in [-0.4, -0.2) is 90.2 Å². The summed E-state index contributed by atoms with van der Waals surface area (Å²) in [5, 5.41) is 23.6. The highest BCUT2D eigenvalue weighted by molar-refractivity contribution is 5.68. The highest BCUT2D eigenvalue weighted by Gasteiger charge is 2.84. The molecule has 0 aromatic carbocycles. The fraction of sp³-hybridized carbons (Fsp3) is 0.973. The minimum Gasteiger partial charge on any atom is -0.446 e. The van der Waals surface area contributed by atoms with Crippen LogP contribution in [0, 0.1) is 50.7 Å². The van der Waals surface area contributed by atoms with Crippen molar-refractivity contribution in [3.8, 4) is 0 Å². The molecule has 5 saturated carbocycles. The average Bonchev–Trinajstić information content (AvgIpc) is 3.61. The highest BCUT2D eigenvalue weighted by atomic mass is 16.6. The van der Waals surface area contributed by atoms with Gasteiger partial charge in [-0.05, 0) is 112 Å². The normalized spacial score (nSPS) is 50.8. The molecule has 45 heavy (non-hydrogen) atoms. The average molecular weight is 632 g/mol. The van der Waals surface area contributed by atoms with Crippen molar-refractivity contribution in [2.75, 3.05) is 32.9 Å². The van der Waals surface area contributed by atoms with Crippen LogP contribution in [0.3, 0.4) is 0 Å². The molecule has 7 aliphatic rings. The molecular weight excluding hydrogens is 570 g/mol. The van der Waals surface area contributed by atoms with Crippen LogP contribution in [0.15, 0.2) is 0 Å². The van der Waals surface area contributed by atoms with Crippen LogP contribution < -0.4 is 0 Å². The van der Waals surface area contributed by atoms with Gasteiger partial charge in [0.05, 0.1) is 37.1 Å². The van der Waals surface area contributed by atoms with Gasteiger partial charge in [-0.1, -0.05) is 34.6 Å². The number of nitrogens with zero attached hydrogens (tertiary/aromatic N) is 1. The van der Waals surface area contributed by atoms with Crippen molar-refractivity contribution in [1.29, 1.82) is 0 Å². The van der Waals surface area contributed by atoms with Crippen molar-refractivity contribution in [3.63, 3.8) is 0 Å². The first-order chi connectivity index (χ1) is 21.1. The zero-order chi connectivity index (χ0) is 32.4. The summed E-state index contributed by atoms with van der Waals surface area (Å²) in [5.74, 6) is 1.63. The molecule has 2 saturated heterocycles. The van der Waals surface area contributed by atoms with Crippen LogP contribution in [0.1, 0.15) is 107 Å². The molecule has 7 rings (SSSR count). The Morgan fingerprint density at radius 2 is 1.69 bits per heavy atom. The molecule has 0 radical (unpaired) electrons. The fourth-order valence-electron chi connectivity index (χ4n) is 13.6. The van der Waals surface area contributed by atoms with Crippen molar-refractivity contribution in [3.05, 3.63) is 0 Å². The molecule has 7 fully saturated rings. The van der Waals surface area contributed by atoms with E-state index in [1.54, 1.807) is 0 Å². The first-order valence-corrected chi connectivity index (χ1v) is 18.3. The summed E-state index contributed by atoms with van der Waals surface area (Å²) < 4.78 is 24.8. The molecular formula is C37H61NO7. The summed E-state index contributed by atoms with van der Waals surface area (Å²) in [6, 6.07) is 0. The summed E-state index contributed by atoms with van der Waals surface area (Å²) in [4.78, 5) is 15.0. The zero-order valence-electron chi connectivity index (χ0n) is 29.3. The second-order valence-corrected chi connectivity index (χ2v) is 18.1. The Labute approximate surface area is 271 Å². The van der Waals surface area contributed by atoms with E-state index >= 15 is 0 Å². The van der Waals surface area contributed by atoms with E-state index in [-0.39, 0.29) is 57.4 Å². The number of hydrogen-bond donors (Lipinski definition) is 2. The van der Waals surface area contributed by atoms with Crippen LogP contribution in [0.25, 0.3) is 0 Å². The third-order valence-electron chi connectivity index (χ3n) is 15.7. The molecule has 8 nitrogen and oxygen atoms in total. The maximum atomic E-state index is 13.2. The first-order valence-electron chi connectivity index (χ1n) is 18.3. The Morgan fingerprint density at radius 3 is 2.36 bits per heavy atom. The lowest BCUT2D eigenvalue weighted by Gasteiger charge is -2.63. The van der Waals surface area contributed by atoms with Crippen molar-refractivity contribution in [1.82, 2.24) is 4.90 Å². The highest BCUT2D eigenvalue weighted by Crippen LogP contribution is 2.89. The number of morpholine rings is 1. The van der Waals surface area contributed by atoms with Gasteiger partial charge >= 0.3 is 6.09 Å². The first kappa shape index (κ1) is 32.6. The van der Waals surface area contributed by atoms with E-state index in [1.165, 1.54) is 12.8 Å². The Morgan fingerprint density at radius 1 is 1.02 bits per heavy atom. The summed E-state index contributed by atoms with van der Waals surface area (Å²) in [6.07, 6.45) is 7.04. The van der Waals surface area contributed by atoms with Gasteiger partial charge in [0.2, 0.25) is 0 Å². The number of carbonyl (C=O) groups excluding carboxylic acids is 1. The lowest BCUT2D eigenvalue weighted by Crippen LogP contribution is -2.60. The fourth-order valence-corrected chi connectivity index (χ4v) is 13.6. The van der Waals surface area contributed by atoms with Gasteiger partial charge in [-0.2, -0.15) is 0 Å². The number of fused-ring (bicyclic) bond motifs is 4. The topological polar surface area (TPSA) is 97.7 Å². The van der Waals surface area contributed by atoms with Crippen LogP contribution in [0.4, 0.5) is 4.79 Å². The Bertz CT molecular complexity index is 1160. The lowest BCUT2D eigenvalue weighted by molar-refractivity contribution is -0.215. The quantitative estimate of drug-likeness (QED) is 0.395. The number of carbonyl (C=O) groups is 1. The largest absolute Gasteiger partial charge is 0.446 e. The summed E-state index contributed by atoms with van der Waals surface area (Å²) >= 11 is 0. The number of rotatable bonds is 5. The molecule has 2 spiro atoms. The molecule has 0 unspecified atom stereocenters. The number of ether oxygens (including phenoxy) is 4. The zero-order valence-corrected chi connectivity index (χ0v) is 29.3. The van der Waals surface area contributed by atoms with Crippen molar-refractivity contribution in [2.24, 2.45) is 50.7 Å².